The summed E-state index contributed by atoms with van der Waals surface area (Å²) in [5.74, 6) is 2.73. The maximum absolute atomic E-state index is 4.47. The van der Waals surface area contributed by atoms with Gasteiger partial charge in [0.2, 0.25) is 5.95 Å². The molecule has 0 amide bonds. The van der Waals surface area contributed by atoms with Crippen molar-refractivity contribution in [2.45, 2.75) is 19.8 Å². The van der Waals surface area contributed by atoms with Gasteiger partial charge in [-0.1, -0.05) is 6.92 Å². The van der Waals surface area contributed by atoms with E-state index < -0.39 is 0 Å². The predicted molar refractivity (Wildman–Crippen MR) is 117 cm³/mol. The SMILES string of the molecule is CN=C(NCCN1CCC(C)CC1)N1CCN(c2ncccn2)CC1.I. The van der Waals surface area contributed by atoms with E-state index in [-0.39, 0.29) is 24.0 Å². The second-order valence-electron chi connectivity index (χ2n) is 7.02. The van der Waals surface area contributed by atoms with Crippen LogP contribution in [-0.4, -0.2) is 85.1 Å². The van der Waals surface area contributed by atoms with E-state index in [1.807, 2.05) is 13.1 Å². The van der Waals surface area contributed by atoms with Gasteiger partial charge in [0.15, 0.2) is 5.96 Å². The lowest BCUT2D eigenvalue weighted by Gasteiger charge is -2.36. The number of anilines is 1. The third-order valence-electron chi connectivity index (χ3n) is 5.21. The molecule has 3 heterocycles. The Labute approximate surface area is 174 Å². The zero-order valence-corrected chi connectivity index (χ0v) is 18.3. The molecule has 3 rings (SSSR count). The molecular formula is C18H32IN7. The van der Waals surface area contributed by atoms with E-state index in [1.54, 1.807) is 12.4 Å². The van der Waals surface area contributed by atoms with Gasteiger partial charge in [0, 0.05) is 58.7 Å². The molecule has 1 aromatic heterocycles. The van der Waals surface area contributed by atoms with Crippen LogP contribution in [0.1, 0.15) is 19.8 Å². The number of nitrogens with one attached hydrogen (secondary N) is 1. The van der Waals surface area contributed by atoms with Crippen molar-refractivity contribution in [1.29, 1.82) is 0 Å². The van der Waals surface area contributed by atoms with Crippen molar-refractivity contribution in [2.24, 2.45) is 10.9 Å². The maximum Gasteiger partial charge on any atom is 0.225 e. The van der Waals surface area contributed by atoms with Gasteiger partial charge in [0.1, 0.15) is 0 Å². The molecule has 0 unspecified atom stereocenters. The van der Waals surface area contributed by atoms with Crippen LogP contribution < -0.4 is 10.2 Å². The number of likely N-dealkylation sites (tertiary alicyclic amines) is 1. The van der Waals surface area contributed by atoms with Gasteiger partial charge in [-0.05, 0) is 37.9 Å². The molecule has 8 heteroatoms. The first-order chi connectivity index (χ1) is 12.3. The number of hydrogen-bond acceptors (Lipinski definition) is 5. The van der Waals surface area contributed by atoms with Crippen LogP contribution in [0.5, 0.6) is 0 Å². The highest BCUT2D eigenvalue weighted by Crippen LogP contribution is 2.15. The van der Waals surface area contributed by atoms with Crippen LogP contribution in [0.15, 0.2) is 23.5 Å². The van der Waals surface area contributed by atoms with Crippen molar-refractivity contribution in [3.05, 3.63) is 18.5 Å². The van der Waals surface area contributed by atoms with E-state index in [2.05, 4.69) is 41.9 Å². The maximum atomic E-state index is 4.47. The number of nitrogens with zero attached hydrogens (tertiary/aromatic N) is 6. The van der Waals surface area contributed by atoms with Crippen molar-refractivity contribution < 1.29 is 0 Å². The molecule has 0 spiro atoms. The zero-order chi connectivity index (χ0) is 17.5. The molecule has 2 aliphatic rings. The fourth-order valence-corrected chi connectivity index (χ4v) is 3.52. The molecule has 2 aliphatic heterocycles. The normalized spacial score (nSPS) is 20.0. The Kier molecular flexibility index (Phi) is 8.83. The quantitative estimate of drug-likeness (QED) is 0.407. The van der Waals surface area contributed by atoms with Crippen molar-refractivity contribution in [1.82, 2.24) is 25.1 Å². The monoisotopic (exact) mass is 473 g/mol. The first-order valence-corrected chi connectivity index (χ1v) is 9.46. The molecule has 0 saturated carbocycles. The van der Waals surface area contributed by atoms with Crippen LogP contribution in [0.25, 0.3) is 0 Å². The summed E-state index contributed by atoms with van der Waals surface area (Å²) in [5.41, 5.74) is 0. The van der Waals surface area contributed by atoms with Crippen molar-refractivity contribution in [2.75, 3.05) is 64.3 Å². The fraction of sp³-hybridized carbons (Fsp3) is 0.722. The molecule has 1 N–H and O–H groups in total. The van der Waals surface area contributed by atoms with Crippen LogP contribution in [-0.2, 0) is 0 Å². The second kappa shape index (κ2) is 10.9. The summed E-state index contributed by atoms with van der Waals surface area (Å²) in [6.07, 6.45) is 6.27. The lowest BCUT2D eigenvalue weighted by atomic mass is 9.99. The molecule has 7 nitrogen and oxygen atoms in total. The summed E-state index contributed by atoms with van der Waals surface area (Å²) in [7, 11) is 1.87. The van der Waals surface area contributed by atoms with Gasteiger partial charge >= 0.3 is 0 Å². The number of piperidine rings is 1. The third-order valence-corrected chi connectivity index (χ3v) is 5.21. The van der Waals surface area contributed by atoms with E-state index in [9.17, 15) is 0 Å². The fourth-order valence-electron chi connectivity index (χ4n) is 3.52. The first kappa shape index (κ1) is 21.1. The number of aliphatic imine (C=N–C) groups is 1. The van der Waals surface area contributed by atoms with Crippen LogP contribution >= 0.6 is 24.0 Å². The highest BCUT2D eigenvalue weighted by Gasteiger charge is 2.21. The average Bonchev–Trinajstić information content (AvgIpc) is 2.68. The minimum absolute atomic E-state index is 0. The number of rotatable bonds is 4. The molecule has 1 aromatic rings. The Balaban J connectivity index is 0.00000243. The number of guanidine groups is 1. The van der Waals surface area contributed by atoms with Crippen LogP contribution in [0.4, 0.5) is 5.95 Å². The van der Waals surface area contributed by atoms with Crippen molar-refractivity contribution in [3.63, 3.8) is 0 Å². The summed E-state index contributed by atoms with van der Waals surface area (Å²) < 4.78 is 0. The molecular weight excluding hydrogens is 441 g/mol. The Bertz CT molecular complexity index is 538. The first-order valence-electron chi connectivity index (χ1n) is 9.46. The third kappa shape index (κ3) is 5.94. The highest BCUT2D eigenvalue weighted by atomic mass is 127. The van der Waals surface area contributed by atoms with E-state index in [4.69, 9.17) is 0 Å². The largest absolute Gasteiger partial charge is 0.355 e. The van der Waals surface area contributed by atoms with Gasteiger partial charge in [-0.2, -0.15) is 0 Å². The molecule has 0 atom stereocenters. The standard InChI is InChI=1S/C18H31N7.HI/c1-16-4-9-23(10-5-16)11-8-22-17(19-2)24-12-14-25(15-13-24)18-20-6-3-7-21-18;/h3,6-7,16H,4-5,8-15H2,1-2H3,(H,19,22);1H. The number of piperazine rings is 1. The average molecular weight is 473 g/mol. The predicted octanol–water partition coefficient (Wildman–Crippen LogP) is 1.52. The lowest BCUT2D eigenvalue weighted by Crippen LogP contribution is -2.53. The van der Waals surface area contributed by atoms with E-state index >= 15 is 0 Å². The molecule has 2 saturated heterocycles. The van der Waals surface area contributed by atoms with Gasteiger partial charge < -0.3 is 20.0 Å². The van der Waals surface area contributed by atoms with Crippen LogP contribution in [0, 0.1) is 5.92 Å². The van der Waals surface area contributed by atoms with E-state index in [1.165, 1.54) is 25.9 Å². The van der Waals surface area contributed by atoms with Gasteiger partial charge in [0.25, 0.3) is 0 Å². The molecule has 26 heavy (non-hydrogen) atoms. The summed E-state index contributed by atoms with van der Waals surface area (Å²) in [6.45, 7) is 10.6. The van der Waals surface area contributed by atoms with E-state index in [0.717, 1.165) is 57.1 Å². The van der Waals surface area contributed by atoms with Crippen molar-refractivity contribution >= 4 is 35.9 Å². The van der Waals surface area contributed by atoms with Crippen LogP contribution in [0.2, 0.25) is 0 Å². The Morgan fingerprint density at radius 3 is 2.38 bits per heavy atom. The Hall–Kier alpha value is -1.16. The van der Waals surface area contributed by atoms with Crippen molar-refractivity contribution in [3.8, 4) is 0 Å². The molecule has 146 valence electrons. The van der Waals surface area contributed by atoms with E-state index in [0.29, 0.717) is 0 Å². The molecule has 0 aliphatic carbocycles. The zero-order valence-electron chi connectivity index (χ0n) is 16.0. The highest BCUT2D eigenvalue weighted by molar-refractivity contribution is 14.0. The minimum Gasteiger partial charge on any atom is -0.355 e. The summed E-state index contributed by atoms with van der Waals surface area (Å²) in [5, 5.41) is 3.54. The van der Waals surface area contributed by atoms with Gasteiger partial charge in [-0.25, -0.2) is 9.97 Å². The summed E-state index contributed by atoms with van der Waals surface area (Å²) in [6, 6.07) is 1.86. The number of halogens is 1. The summed E-state index contributed by atoms with van der Waals surface area (Å²) >= 11 is 0. The summed E-state index contributed by atoms with van der Waals surface area (Å²) in [4.78, 5) is 20.3. The number of aromatic nitrogens is 2. The van der Waals surface area contributed by atoms with Gasteiger partial charge in [-0.3, -0.25) is 4.99 Å². The lowest BCUT2D eigenvalue weighted by molar-refractivity contribution is 0.194. The molecule has 0 radical (unpaired) electrons. The van der Waals surface area contributed by atoms with Gasteiger partial charge in [0.05, 0.1) is 0 Å². The number of hydrogen-bond donors (Lipinski definition) is 1. The Morgan fingerprint density at radius 2 is 1.77 bits per heavy atom. The topological polar surface area (TPSA) is 59.9 Å². The molecule has 0 aromatic carbocycles. The van der Waals surface area contributed by atoms with Gasteiger partial charge in [-0.15, -0.1) is 24.0 Å². The minimum atomic E-state index is 0. The Morgan fingerprint density at radius 1 is 1.12 bits per heavy atom. The second-order valence-corrected chi connectivity index (χ2v) is 7.02. The smallest absolute Gasteiger partial charge is 0.225 e. The molecule has 0 bridgehead atoms. The van der Waals surface area contributed by atoms with Crippen LogP contribution in [0.3, 0.4) is 0 Å². The molecule has 2 fully saturated rings.